The highest BCUT2D eigenvalue weighted by Crippen LogP contribution is 2.23. The Morgan fingerprint density at radius 1 is 1.50 bits per heavy atom. The monoisotopic (exact) mass is 308 g/mol. The summed E-state index contributed by atoms with van der Waals surface area (Å²) in [5.41, 5.74) is 8.43. The zero-order valence-corrected chi connectivity index (χ0v) is 12.3. The lowest BCUT2D eigenvalue weighted by atomic mass is 10.2. The number of benzene rings is 1. The number of nitrogens with two attached hydrogens (primary N) is 1. The number of rotatable bonds is 4. The number of anilines is 1. The van der Waals surface area contributed by atoms with Crippen molar-refractivity contribution >= 4 is 27.0 Å². The molecule has 0 amide bonds. The van der Waals surface area contributed by atoms with Crippen LogP contribution in [0.2, 0.25) is 0 Å². The van der Waals surface area contributed by atoms with Gasteiger partial charge in [-0.05, 0) is 18.2 Å². The molecule has 0 atom stereocenters. The molecule has 0 unspecified atom stereocenters. The molecule has 0 saturated carbocycles. The lowest BCUT2D eigenvalue weighted by Gasteiger charge is -2.17. The van der Waals surface area contributed by atoms with Crippen LogP contribution in [0.1, 0.15) is 11.3 Å². The van der Waals surface area contributed by atoms with E-state index in [0.717, 1.165) is 0 Å². The van der Waals surface area contributed by atoms with Gasteiger partial charge in [0.25, 0.3) is 0 Å². The van der Waals surface area contributed by atoms with Crippen LogP contribution in [0.3, 0.4) is 0 Å². The first-order valence-electron chi connectivity index (χ1n) is 5.58. The molecule has 1 aromatic heterocycles. The van der Waals surface area contributed by atoms with E-state index in [1.54, 1.807) is 10.9 Å². The number of nitriles is 1. The van der Waals surface area contributed by atoms with E-state index < -0.39 is 10.0 Å². The summed E-state index contributed by atoms with van der Waals surface area (Å²) in [6, 6.07) is 6.04. The molecule has 0 spiro atoms. The van der Waals surface area contributed by atoms with E-state index in [4.69, 9.17) is 11.0 Å². The van der Waals surface area contributed by atoms with E-state index in [1.807, 2.05) is 6.07 Å². The standard InChI is InChI=1S/C12H12N4O2S2/c1-16(6-10-7-19-8-15-10)20(17,18)12-3-2-9(5-13)4-11(12)14/h2-4,7-8H,6,14H2,1H3. The molecular weight excluding hydrogens is 296 g/mol. The Labute approximate surface area is 121 Å². The number of hydrogen-bond acceptors (Lipinski definition) is 6. The number of thiazole rings is 1. The molecule has 0 aliphatic carbocycles. The molecule has 2 rings (SSSR count). The molecule has 2 N–H and O–H groups in total. The number of aromatic nitrogens is 1. The predicted molar refractivity (Wildman–Crippen MR) is 76.3 cm³/mol. The highest BCUT2D eigenvalue weighted by molar-refractivity contribution is 7.89. The maximum Gasteiger partial charge on any atom is 0.245 e. The Bertz CT molecular complexity index is 748. The topological polar surface area (TPSA) is 100 Å². The summed E-state index contributed by atoms with van der Waals surface area (Å²) in [6.45, 7) is 0.172. The van der Waals surface area contributed by atoms with Gasteiger partial charge in [-0.15, -0.1) is 11.3 Å². The normalized spacial score (nSPS) is 11.4. The molecule has 0 bridgehead atoms. The number of nitrogens with zero attached hydrogens (tertiary/aromatic N) is 3. The minimum atomic E-state index is -3.71. The van der Waals surface area contributed by atoms with Crippen molar-refractivity contribution < 1.29 is 8.42 Å². The van der Waals surface area contributed by atoms with Gasteiger partial charge in [0.1, 0.15) is 4.90 Å². The zero-order chi connectivity index (χ0) is 14.8. The average molecular weight is 308 g/mol. The lowest BCUT2D eigenvalue weighted by Crippen LogP contribution is -2.27. The first-order chi connectivity index (χ1) is 9.45. The van der Waals surface area contributed by atoms with E-state index >= 15 is 0 Å². The average Bonchev–Trinajstić information content (AvgIpc) is 2.91. The quantitative estimate of drug-likeness (QED) is 0.861. The van der Waals surface area contributed by atoms with Gasteiger partial charge in [-0.1, -0.05) is 0 Å². The first-order valence-corrected chi connectivity index (χ1v) is 7.96. The van der Waals surface area contributed by atoms with Crippen molar-refractivity contribution in [3.05, 3.63) is 40.3 Å². The van der Waals surface area contributed by atoms with Crippen LogP contribution in [0.15, 0.2) is 34.0 Å². The summed E-state index contributed by atoms with van der Waals surface area (Å²) >= 11 is 1.40. The van der Waals surface area contributed by atoms with E-state index in [1.165, 1.54) is 40.9 Å². The minimum absolute atomic E-state index is 0.00534. The third kappa shape index (κ3) is 2.80. The van der Waals surface area contributed by atoms with Crippen molar-refractivity contribution in [3.8, 4) is 6.07 Å². The predicted octanol–water partition coefficient (Wildman–Crippen LogP) is 1.42. The summed E-state index contributed by atoms with van der Waals surface area (Å²) in [5, 5.41) is 10.5. The Balaban J connectivity index is 2.33. The van der Waals surface area contributed by atoms with E-state index in [0.29, 0.717) is 11.3 Å². The SMILES string of the molecule is CN(Cc1cscn1)S(=O)(=O)c1ccc(C#N)cc1N. The Morgan fingerprint density at radius 3 is 2.80 bits per heavy atom. The molecule has 2 aromatic rings. The third-order valence-corrected chi connectivity index (χ3v) is 5.21. The third-order valence-electron chi connectivity index (χ3n) is 2.70. The summed E-state index contributed by atoms with van der Waals surface area (Å²) in [7, 11) is -2.24. The van der Waals surface area contributed by atoms with Crippen LogP contribution in [-0.2, 0) is 16.6 Å². The van der Waals surface area contributed by atoms with Crippen LogP contribution in [-0.4, -0.2) is 24.8 Å². The van der Waals surface area contributed by atoms with Gasteiger partial charge in [-0.2, -0.15) is 9.57 Å². The van der Waals surface area contributed by atoms with Gasteiger partial charge < -0.3 is 5.73 Å². The van der Waals surface area contributed by atoms with Crippen molar-refractivity contribution in [2.75, 3.05) is 12.8 Å². The molecule has 6 nitrogen and oxygen atoms in total. The minimum Gasteiger partial charge on any atom is -0.398 e. The molecule has 0 aliphatic heterocycles. The number of hydrogen-bond donors (Lipinski definition) is 1. The molecular formula is C12H12N4O2S2. The molecule has 20 heavy (non-hydrogen) atoms. The van der Waals surface area contributed by atoms with Gasteiger partial charge in [0.15, 0.2) is 0 Å². The van der Waals surface area contributed by atoms with Crippen molar-refractivity contribution in [3.63, 3.8) is 0 Å². The second-order valence-corrected chi connectivity index (χ2v) is 6.84. The number of nitrogen functional groups attached to an aromatic ring is 1. The smallest absolute Gasteiger partial charge is 0.245 e. The fourth-order valence-electron chi connectivity index (χ4n) is 1.65. The van der Waals surface area contributed by atoms with Gasteiger partial charge in [-0.25, -0.2) is 13.4 Å². The molecule has 1 heterocycles. The molecule has 0 fully saturated rings. The zero-order valence-electron chi connectivity index (χ0n) is 10.6. The molecule has 8 heteroatoms. The summed E-state index contributed by atoms with van der Waals surface area (Å²) in [6.07, 6.45) is 0. The summed E-state index contributed by atoms with van der Waals surface area (Å²) < 4.78 is 26.0. The van der Waals surface area contributed by atoms with Gasteiger partial charge >= 0.3 is 0 Å². The first kappa shape index (κ1) is 14.5. The van der Waals surface area contributed by atoms with Crippen molar-refractivity contribution in [1.29, 1.82) is 5.26 Å². The Kier molecular flexibility index (Phi) is 4.04. The van der Waals surface area contributed by atoms with Gasteiger partial charge in [-0.3, -0.25) is 0 Å². The highest BCUT2D eigenvalue weighted by Gasteiger charge is 2.24. The van der Waals surface area contributed by atoms with E-state index in [9.17, 15) is 8.42 Å². The maximum atomic E-state index is 12.4. The molecule has 1 aromatic carbocycles. The highest BCUT2D eigenvalue weighted by atomic mass is 32.2. The summed E-state index contributed by atoms with van der Waals surface area (Å²) in [5.74, 6) is 0. The summed E-state index contributed by atoms with van der Waals surface area (Å²) in [4.78, 5) is 4.05. The van der Waals surface area contributed by atoms with Crippen LogP contribution in [0.4, 0.5) is 5.69 Å². The van der Waals surface area contributed by atoms with Gasteiger partial charge in [0.05, 0.1) is 35.1 Å². The van der Waals surface area contributed by atoms with E-state index in [2.05, 4.69) is 4.98 Å². The van der Waals surface area contributed by atoms with Crippen LogP contribution in [0.25, 0.3) is 0 Å². The van der Waals surface area contributed by atoms with Crippen molar-refractivity contribution in [1.82, 2.24) is 9.29 Å². The Morgan fingerprint density at radius 2 is 2.25 bits per heavy atom. The van der Waals surface area contributed by atoms with E-state index in [-0.39, 0.29) is 17.1 Å². The Hall–Kier alpha value is -1.95. The van der Waals surface area contributed by atoms with Crippen molar-refractivity contribution in [2.45, 2.75) is 11.4 Å². The molecule has 0 radical (unpaired) electrons. The fourth-order valence-corrected chi connectivity index (χ4v) is 3.43. The molecule has 0 saturated heterocycles. The fraction of sp³-hybridized carbons (Fsp3) is 0.167. The van der Waals surface area contributed by atoms with Gasteiger partial charge in [0.2, 0.25) is 10.0 Å². The molecule has 0 aliphatic rings. The van der Waals surface area contributed by atoms with Crippen LogP contribution < -0.4 is 5.73 Å². The van der Waals surface area contributed by atoms with Crippen LogP contribution in [0.5, 0.6) is 0 Å². The van der Waals surface area contributed by atoms with Crippen LogP contribution >= 0.6 is 11.3 Å². The largest absolute Gasteiger partial charge is 0.398 e. The number of sulfonamides is 1. The van der Waals surface area contributed by atoms with Crippen LogP contribution in [0, 0.1) is 11.3 Å². The second kappa shape index (κ2) is 5.58. The van der Waals surface area contributed by atoms with Gasteiger partial charge in [0, 0.05) is 12.4 Å². The second-order valence-electron chi connectivity index (χ2n) is 4.11. The lowest BCUT2D eigenvalue weighted by molar-refractivity contribution is 0.463. The maximum absolute atomic E-state index is 12.4. The van der Waals surface area contributed by atoms with Crippen molar-refractivity contribution in [2.24, 2.45) is 0 Å². The molecule has 104 valence electrons.